The van der Waals surface area contributed by atoms with Crippen LogP contribution in [0.15, 0.2) is 91.8 Å². The van der Waals surface area contributed by atoms with Crippen LogP contribution in [-0.2, 0) is 32.5 Å². The molecule has 0 aliphatic rings. The maximum absolute atomic E-state index is 5.33. The van der Waals surface area contributed by atoms with Crippen LogP contribution >= 0.6 is 0 Å². The second-order valence-corrected chi connectivity index (χ2v) is 22.4. The van der Waals surface area contributed by atoms with Crippen LogP contribution in [0.2, 0.25) is 0 Å². The van der Waals surface area contributed by atoms with Gasteiger partial charge < -0.3 is 0 Å². The van der Waals surface area contributed by atoms with Crippen molar-refractivity contribution in [2.24, 2.45) is 0 Å². The molecule has 372 valence electrons. The first kappa shape index (κ1) is 62.1. The van der Waals surface area contributed by atoms with Crippen LogP contribution in [0.5, 0.6) is 0 Å². The van der Waals surface area contributed by atoms with Crippen molar-refractivity contribution in [3.8, 4) is 74.1 Å². The van der Waals surface area contributed by atoms with Crippen molar-refractivity contribution in [1.82, 2.24) is 44.9 Å². The third kappa shape index (κ3) is 22.6. The first-order valence-electron chi connectivity index (χ1n) is 23.4. The van der Waals surface area contributed by atoms with Crippen LogP contribution < -0.4 is 0 Å². The summed E-state index contributed by atoms with van der Waals surface area (Å²) in [6.45, 7) is 37.9. The molecule has 9 heteroatoms. The molecule has 6 aromatic rings. The Morgan fingerprint density at radius 3 is 1.36 bits per heavy atom. The number of nitrogens with zero attached hydrogens (tertiary/aromatic N) is 9. The lowest BCUT2D eigenvalue weighted by molar-refractivity contribution is 0.544. The molecule has 6 rings (SSSR count). The quantitative estimate of drug-likeness (QED) is 0.137. The van der Waals surface area contributed by atoms with Crippen molar-refractivity contribution < 1.29 is 0 Å². The van der Waals surface area contributed by atoms with Crippen LogP contribution in [0.4, 0.5) is 0 Å². The summed E-state index contributed by atoms with van der Waals surface area (Å²) in [5.41, 5.74) is 9.17. The lowest BCUT2D eigenvalue weighted by atomic mass is 9.86. The average molecular weight is 958 g/mol. The SMILES string of the molecule is C#Cc1cc(C(C)(C)C)ccn1.C#Cc1cc(C(C)(C)C)ncn1.C#Cc1cccc(C(C)(C)C)n1.C#Cc1ccnc(C(C)(C)C)n1.C#Cc1nccc(C(C)(C)C)n1.C#Cc1ncccc1C(C)(C)C. The van der Waals surface area contributed by atoms with Gasteiger partial charge in [-0.2, -0.15) is 0 Å². The Morgan fingerprint density at radius 1 is 0.347 bits per heavy atom. The standard InChI is InChI=1S/3C11H13N.3C10H12N2/c1-5-10-8-9(6-7-12-10)11(2,3)4;1-5-10-9(11(2,3)4)7-6-8-12-10;1-5-9-7-6-8-10(12-9)11(2,3)4;1-5-8-6-9(10(2,3)4)12-7-11-8;1-5-9-11-7-6-8(12-9)10(2,3)4;1-5-8-6-7-11-9(12-8)10(2,3)4/h3*1,6-8H,2-4H3;3*1,6-7H,2-4H3. The highest BCUT2D eigenvalue weighted by atomic mass is 14.9. The van der Waals surface area contributed by atoms with Crippen molar-refractivity contribution in [2.45, 2.75) is 157 Å². The first-order valence-corrected chi connectivity index (χ1v) is 23.4. The second kappa shape index (κ2) is 27.4. The Labute approximate surface area is 434 Å². The first-order chi connectivity index (χ1) is 33.2. The molecule has 6 aromatic heterocycles. The monoisotopic (exact) mass is 958 g/mol. The highest BCUT2D eigenvalue weighted by Crippen LogP contribution is 2.25. The second-order valence-electron chi connectivity index (χ2n) is 22.4. The number of terminal acetylenes is 6. The van der Waals surface area contributed by atoms with Gasteiger partial charge in [0.15, 0.2) is 0 Å². The van der Waals surface area contributed by atoms with Crippen molar-refractivity contribution >= 4 is 0 Å². The minimum absolute atomic E-state index is 0.0349. The third-order valence-corrected chi connectivity index (χ3v) is 9.80. The van der Waals surface area contributed by atoms with Crippen LogP contribution in [0, 0.1) is 74.1 Å². The van der Waals surface area contributed by atoms with Crippen LogP contribution in [-0.4, -0.2) is 44.9 Å². The molecular formula is C63H75N9. The summed E-state index contributed by atoms with van der Waals surface area (Å²) < 4.78 is 0. The van der Waals surface area contributed by atoms with E-state index in [0.29, 0.717) is 28.6 Å². The zero-order valence-electron chi connectivity index (χ0n) is 46.1. The fourth-order valence-corrected chi connectivity index (χ4v) is 5.53. The Hall–Kier alpha value is -7.95. The van der Waals surface area contributed by atoms with Gasteiger partial charge in [-0.1, -0.05) is 160 Å². The number of aromatic nitrogens is 9. The van der Waals surface area contributed by atoms with E-state index in [9.17, 15) is 0 Å². The summed E-state index contributed by atoms with van der Waals surface area (Å²) in [5, 5.41) is 0. The minimum atomic E-state index is -0.0349. The van der Waals surface area contributed by atoms with Gasteiger partial charge in [-0.25, -0.2) is 44.9 Å². The highest BCUT2D eigenvalue weighted by Gasteiger charge is 2.19. The topological polar surface area (TPSA) is 116 Å². The summed E-state index contributed by atoms with van der Waals surface area (Å²) in [7, 11) is 0. The predicted octanol–water partition coefficient (Wildman–Crippen LogP) is 12.3. The molecule has 0 aromatic carbocycles. The predicted molar refractivity (Wildman–Crippen MR) is 299 cm³/mol. The molecular weight excluding hydrogens is 883 g/mol. The Kier molecular flexibility index (Phi) is 23.7. The summed E-state index contributed by atoms with van der Waals surface area (Å²) in [5.74, 6) is 16.3. The molecule has 0 saturated heterocycles. The van der Waals surface area contributed by atoms with Gasteiger partial charge in [0, 0.05) is 52.1 Å². The minimum Gasteiger partial charge on any atom is -0.248 e. The third-order valence-electron chi connectivity index (χ3n) is 9.80. The average Bonchev–Trinajstić information content (AvgIpc) is 3.33. The molecule has 0 bridgehead atoms. The van der Waals surface area contributed by atoms with Crippen molar-refractivity contribution in [3.05, 3.63) is 160 Å². The number of hydrogen-bond donors (Lipinski definition) is 0. The Bertz CT molecular complexity index is 2540. The number of pyridine rings is 3. The summed E-state index contributed by atoms with van der Waals surface area (Å²) in [6.07, 6.45) is 39.9. The molecule has 0 radical (unpaired) electrons. The van der Waals surface area contributed by atoms with E-state index in [2.05, 4.69) is 205 Å². The van der Waals surface area contributed by atoms with E-state index in [4.69, 9.17) is 38.5 Å². The number of rotatable bonds is 0. The zero-order valence-corrected chi connectivity index (χ0v) is 46.1. The Morgan fingerprint density at radius 2 is 0.875 bits per heavy atom. The van der Waals surface area contributed by atoms with Crippen molar-refractivity contribution in [3.63, 3.8) is 0 Å². The summed E-state index contributed by atoms with van der Waals surface area (Å²) in [6, 6.07) is 19.2. The smallest absolute Gasteiger partial charge is 0.204 e. The lowest BCUT2D eigenvalue weighted by Gasteiger charge is -2.19. The van der Waals surface area contributed by atoms with Gasteiger partial charge >= 0.3 is 0 Å². The summed E-state index contributed by atoms with van der Waals surface area (Å²) >= 11 is 0. The lowest BCUT2D eigenvalue weighted by Crippen LogP contribution is -2.16. The van der Waals surface area contributed by atoms with Gasteiger partial charge in [-0.15, -0.1) is 38.5 Å². The van der Waals surface area contributed by atoms with E-state index in [1.54, 1.807) is 30.9 Å². The molecule has 72 heavy (non-hydrogen) atoms. The van der Waals surface area contributed by atoms with Crippen molar-refractivity contribution in [1.29, 1.82) is 0 Å². The molecule has 0 aliphatic heterocycles. The Balaban J connectivity index is 0.000000432. The van der Waals surface area contributed by atoms with Gasteiger partial charge in [-0.05, 0) is 82.3 Å². The van der Waals surface area contributed by atoms with Crippen molar-refractivity contribution in [2.75, 3.05) is 0 Å². The largest absolute Gasteiger partial charge is 0.248 e. The van der Waals surface area contributed by atoms with Gasteiger partial charge in [0.05, 0.1) is 11.4 Å². The maximum atomic E-state index is 5.33. The van der Waals surface area contributed by atoms with Gasteiger partial charge in [0.1, 0.15) is 40.6 Å². The van der Waals surface area contributed by atoms with E-state index in [0.717, 1.165) is 34.2 Å². The van der Waals surface area contributed by atoms with E-state index in [1.807, 2.05) is 54.6 Å². The van der Waals surface area contributed by atoms with Crippen LogP contribution in [0.25, 0.3) is 0 Å². The zero-order chi connectivity index (χ0) is 55.1. The van der Waals surface area contributed by atoms with E-state index in [1.165, 1.54) is 11.9 Å². The van der Waals surface area contributed by atoms with Gasteiger partial charge in [0.25, 0.3) is 0 Å². The normalized spacial score (nSPS) is 10.8. The fraction of sp³-hybridized carbons (Fsp3) is 0.381. The van der Waals surface area contributed by atoms with Crippen LogP contribution in [0.1, 0.15) is 193 Å². The van der Waals surface area contributed by atoms with E-state index in [-0.39, 0.29) is 32.5 Å². The molecule has 0 N–H and O–H groups in total. The van der Waals surface area contributed by atoms with E-state index >= 15 is 0 Å². The molecule has 9 nitrogen and oxygen atoms in total. The number of hydrogen-bond acceptors (Lipinski definition) is 9. The van der Waals surface area contributed by atoms with Crippen LogP contribution in [0.3, 0.4) is 0 Å². The van der Waals surface area contributed by atoms with Gasteiger partial charge in [0.2, 0.25) is 5.82 Å². The summed E-state index contributed by atoms with van der Waals surface area (Å²) in [4.78, 5) is 37.1. The molecule has 0 spiro atoms. The van der Waals surface area contributed by atoms with E-state index < -0.39 is 0 Å². The fourth-order valence-electron chi connectivity index (χ4n) is 5.53. The maximum Gasteiger partial charge on any atom is 0.204 e. The molecule has 0 amide bonds. The molecule has 0 fully saturated rings. The molecule has 0 saturated carbocycles. The highest BCUT2D eigenvalue weighted by molar-refractivity contribution is 5.38. The van der Waals surface area contributed by atoms with Gasteiger partial charge in [-0.3, -0.25) is 0 Å². The molecule has 6 heterocycles. The molecule has 0 aliphatic carbocycles. The molecule has 0 atom stereocenters. The molecule has 0 unspecified atom stereocenters.